The van der Waals surface area contributed by atoms with Crippen LogP contribution >= 0.6 is 58.0 Å². The normalized spacial score (nSPS) is 12.0. The summed E-state index contributed by atoms with van der Waals surface area (Å²) in [5.74, 6) is -2.99. The lowest BCUT2D eigenvalue weighted by Crippen LogP contribution is -2.32. The topological polar surface area (TPSA) is 218 Å². The summed E-state index contributed by atoms with van der Waals surface area (Å²) in [6.45, 7) is 2.29. The van der Waals surface area contributed by atoms with Gasteiger partial charge in [-0.05, 0) is 109 Å². The molecule has 0 aliphatic heterocycles. The molecule has 0 saturated carbocycles. The number of methoxy groups -OCH3 is 2. The van der Waals surface area contributed by atoms with E-state index in [1.54, 1.807) is 36.4 Å². The maximum atomic E-state index is 13.4. The molecule has 66 heavy (non-hydrogen) atoms. The standard InChI is InChI=1S/C45H39Cl5N8O8/c1-23(59)40(57-55-36-18-27(7-10-31(36)49)42(61)53-34-12-5-25(20-46)15-38(34)65-3)44(63)51-30-9-14-33(29(17-30)22-48)52-45(64)41(24(2)60)58-56-37-19-28(8-11-32(37)50)43(62)54-35-13-6-26(21-47)16-39(35)66-4/h5-19,40-41H,20-22H2,1-4H3,(H,51,63)(H,52,64)(H,53,61)(H,54,62). The number of carbonyl (C=O) groups excluding carboxylic acids is 6. The molecule has 5 aromatic carbocycles. The van der Waals surface area contributed by atoms with E-state index >= 15 is 0 Å². The van der Waals surface area contributed by atoms with Crippen LogP contribution < -0.4 is 30.7 Å². The molecule has 0 aromatic heterocycles. The van der Waals surface area contributed by atoms with Crippen molar-refractivity contribution in [1.82, 2.24) is 0 Å². The lowest BCUT2D eigenvalue weighted by Gasteiger charge is -2.15. The summed E-state index contributed by atoms with van der Waals surface area (Å²) >= 11 is 30.7. The number of ketones is 2. The predicted octanol–water partition coefficient (Wildman–Crippen LogP) is 11.1. The van der Waals surface area contributed by atoms with Crippen LogP contribution in [0.1, 0.15) is 51.3 Å². The van der Waals surface area contributed by atoms with Crippen molar-refractivity contribution in [3.63, 3.8) is 0 Å². The van der Waals surface area contributed by atoms with Crippen LogP contribution in [0.25, 0.3) is 0 Å². The van der Waals surface area contributed by atoms with Gasteiger partial charge in [-0.3, -0.25) is 28.8 Å². The average molecular weight is 997 g/mol. The number of amides is 4. The monoisotopic (exact) mass is 994 g/mol. The quantitative estimate of drug-likeness (QED) is 0.0353. The third kappa shape index (κ3) is 13.1. The number of alkyl halides is 3. The molecule has 5 aromatic rings. The number of nitrogens with zero attached hydrogens (tertiary/aromatic N) is 4. The van der Waals surface area contributed by atoms with Crippen molar-refractivity contribution in [3.8, 4) is 11.5 Å². The highest BCUT2D eigenvalue weighted by atomic mass is 35.5. The third-order valence-corrected chi connectivity index (χ3v) is 10.9. The van der Waals surface area contributed by atoms with Gasteiger partial charge in [-0.25, -0.2) is 0 Å². The Morgan fingerprint density at radius 1 is 0.530 bits per heavy atom. The van der Waals surface area contributed by atoms with E-state index < -0.39 is 47.3 Å². The number of benzene rings is 5. The van der Waals surface area contributed by atoms with Crippen LogP contribution in [0.15, 0.2) is 111 Å². The number of nitrogens with one attached hydrogen (secondary N) is 4. The first kappa shape index (κ1) is 50.6. The largest absolute Gasteiger partial charge is 0.495 e. The molecule has 0 spiro atoms. The zero-order valence-electron chi connectivity index (χ0n) is 35.4. The van der Waals surface area contributed by atoms with Gasteiger partial charge in [-0.15, -0.1) is 34.8 Å². The number of anilines is 4. The maximum Gasteiger partial charge on any atom is 0.258 e. The Balaban J connectivity index is 1.26. The van der Waals surface area contributed by atoms with Gasteiger partial charge >= 0.3 is 0 Å². The molecule has 21 heteroatoms. The molecule has 0 bridgehead atoms. The van der Waals surface area contributed by atoms with Gasteiger partial charge in [0.1, 0.15) is 22.9 Å². The summed E-state index contributed by atoms with van der Waals surface area (Å²) in [5, 5.41) is 26.8. The number of rotatable bonds is 19. The molecule has 0 aliphatic rings. The van der Waals surface area contributed by atoms with Gasteiger partial charge in [0.2, 0.25) is 12.1 Å². The molecule has 2 unspecified atom stereocenters. The molecule has 4 amide bonds. The second kappa shape index (κ2) is 23.7. The summed E-state index contributed by atoms with van der Waals surface area (Å²) in [4.78, 5) is 78.4. The Morgan fingerprint density at radius 2 is 0.970 bits per heavy atom. The fourth-order valence-corrected chi connectivity index (χ4v) is 6.75. The fourth-order valence-electron chi connectivity index (χ4n) is 5.89. The van der Waals surface area contributed by atoms with Crippen molar-refractivity contribution < 1.29 is 38.2 Å². The van der Waals surface area contributed by atoms with E-state index in [1.165, 1.54) is 68.8 Å². The molecular formula is C45H39Cl5N8O8. The van der Waals surface area contributed by atoms with Crippen molar-refractivity contribution in [2.24, 2.45) is 20.5 Å². The van der Waals surface area contributed by atoms with Crippen LogP contribution in [0.4, 0.5) is 34.1 Å². The summed E-state index contributed by atoms with van der Waals surface area (Å²) in [7, 11) is 2.91. The third-order valence-electron chi connectivity index (χ3n) is 9.36. The summed E-state index contributed by atoms with van der Waals surface area (Å²) in [6, 6.07) is 19.5. The molecule has 5 rings (SSSR count). The van der Waals surface area contributed by atoms with Gasteiger partial charge in [0.25, 0.3) is 23.6 Å². The van der Waals surface area contributed by atoms with E-state index in [4.69, 9.17) is 67.5 Å². The van der Waals surface area contributed by atoms with Gasteiger partial charge < -0.3 is 30.7 Å². The molecule has 2 atom stereocenters. The summed E-state index contributed by atoms with van der Waals surface area (Å²) in [5.41, 5.74) is 3.31. The van der Waals surface area contributed by atoms with Crippen molar-refractivity contribution in [3.05, 3.63) is 129 Å². The van der Waals surface area contributed by atoms with Crippen LogP contribution in [0.3, 0.4) is 0 Å². The molecule has 0 heterocycles. The number of halogens is 5. The van der Waals surface area contributed by atoms with Crippen molar-refractivity contribution in [2.75, 3.05) is 35.5 Å². The van der Waals surface area contributed by atoms with Gasteiger partial charge in [-0.2, -0.15) is 20.5 Å². The minimum Gasteiger partial charge on any atom is -0.495 e. The van der Waals surface area contributed by atoms with Gasteiger partial charge in [0, 0.05) is 40.1 Å². The van der Waals surface area contributed by atoms with Crippen molar-refractivity contribution in [1.29, 1.82) is 0 Å². The lowest BCUT2D eigenvalue weighted by atomic mass is 10.1. The highest BCUT2D eigenvalue weighted by Crippen LogP contribution is 2.32. The number of hydrogen-bond acceptors (Lipinski definition) is 12. The zero-order valence-corrected chi connectivity index (χ0v) is 39.2. The SMILES string of the molecule is COc1cc(CCl)ccc1NC(=O)c1ccc(Cl)c(N=NC(C(C)=O)C(=O)Nc2ccc(NC(=O)C(N=Nc3cc(C(=O)Nc4ccc(CCl)cc4OC)ccc3Cl)C(C)=O)c(CCl)c2)c1. The maximum absolute atomic E-state index is 13.4. The first-order chi connectivity index (χ1) is 31.6. The molecule has 0 aliphatic carbocycles. The number of Topliss-reactive ketones (excluding diaryl/α,β-unsaturated/α-hetero) is 2. The molecular weight excluding hydrogens is 958 g/mol. The van der Waals surface area contributed by atoms with Crippen LogP contribution in [0.5, 0.6) is 11.5 Å². The van der Waals surface area contributed by atoms with Crippen molar-refractivity contribution in [2.45, 2.75) is 43.6 Å². The minimum atomic E-state index is -1.65. The van der Waals surface area contributed by atoms with Gasteiger partial charge in [0.15, 0.2) is 11.6 Å². The van der Waals surface area contributed by atoms with E-state index in [2.05, 4.69) is 41.7 Å². The molecule has 342 valence electrons. The molecule has 0 radical (unpaired) electrons. The highest BCUT2D eigenvalue weighted by Gasteiger charge is 2.26. The molecule has 0 saturated heterocycles. The Labute approximate surface area is 403 Å². The van der Waals surface area contributed by atoms with E-state index in [0.717, 1.165) is 25.0 Å². The second-order valence-electron chi connectivity index (χ2n) is 14.0. The second-order valence-corrected chi connectivity index (χ2v) is 15.6. The van der Waals surface area contributed by atoms with Crippen LogP contribution in [-0.4, -0.2) is 61.5 Å². The fraction of sp³-hybridized carbons (Fsp3) is 0.200. The van der Waals surface area contributed by atoms with Crippen LogP contribution in [-0.2, 0) is 36.8 Å². The van der Waals surface area contributed by atoms with E-state index in [0.29, 0.717) is 28.4 Å². The first-order valence-corrected chi connectivity index (χ1v) is 21.8. The molecule has 16 nitrogen and oxygen atoms in total. The highest BCUT2D eigenvalue weighted by molar-refractivity contribution is 6.33. The van der Waals surface area contributed by atoms with Crippen molar-refractivity contribution >= 4 is 127 Å². The van der Waals surface area contributed by atoms with Crippen LogP contribution in [0, 0.1) is 0 Å². The minimum absolute atomic E-state index is 0.00370. The zero-order chi connectivity index (χ0) is 48.1. The average Bonchev–Trinajstić information content (AvgIpc) is 3.30. The summed E-state index contributed by atoms with van der Waals surface area (Å²) < 4.78 is 10.7. The van der Waals surface area contributed by atoms with E-state index in [1.807, 2.05) is 0 Å². The molecule has 0 fully saturated rings. The van der Waals surface area contributed by atoms with Crippen LogP contribution in [0.2, 0.25) is 10.0 Å². The Kier molecular flexibility index (Phi) is 18.1. The number of hydrogen-bond donors (Lipinski definition) is 4. The summed E-state index contributed by atoms with van der Waals surface area (Å²) in [6.07, 6.45) is 0. The number of carbonyl (C=O) groups is 6. The first-order valence-electron chi connectivity index (χ1n) is 19.4. The molecule has 4 N–H and O–H groups in total. The Morgan fingerprint density at radius 3 is 1.38 bits per heavy atom. The Hall–Kier alpha value is -6.43. The smallest absolute Gasteiger partial charge is 0.258 e. The number of azo groups is 2. The van der Waals surface area contributed by atoms with Gasteiger partial charge in [-0.1, -0.05) is 35.3 Å². The predicted molar refractivity (Wildman–Crippen MR) is 255 cm³/mol. The van der Waals surface area contributed by atoms with Gasteiger partial charge in [0.05, 0.1) is 35.6 Å². The lowest BCUT2D eigenvalue weighted by molar-refractivity contribution is -0.127. The van der Waals surface area contributed by atoms with E-state index in [9.17, 15) is 28.8 Å². The van der Waals surface area contributed by atoms with E-state index in [-0.39, 0.29) is 61.6 Å². The Bertz CT molecular complexity index is 2750. The number of ether oxygens (including phenoxy) is 2.